The molecular formula is C14H20N4O3. The van der Waals surface area contributed by atoms with E-state index in [2.05, 4.69) is 21.3 Å². The van der Waals surface area contributed by atoms with Crippen LogP contribution in [0.25, 0.3) is 0 Å². The van der Waals surface area contributed by atoms with E-state index in [1.54, 1.807) is 24.3 Å². The summed E-state index contributed by atoms with van der Waals surface area (Å²) in [7, 11) is 0. The number of urea groups is 1. The maximum Gasteiger partial charge on any atom is 0.319 e. The van der Waals surface area contributed by atoms with Gasteiger partial charge in [0, 0.05) is 24.5 Å². The lowest BCUT2D eigenvalue weighted by Gasteiger charge is -2.23. The maximum atomic E-state index is 12.1. The van der Waals surface area contributed by atoms with Crippen molar-refractivity contribution >= 4 is 23.3 Å². The van der Waals surface area contributed by atoms with Crippen LogP contribution in [0.2, 0.25) is 0 Å². The maximum absolute atomic E-state index is 12.1. The Morgan fingerprint density at radius 2 is 2.10 bits per heavy atom. The Bertz CT molecular complexity index is 501. The number of carbonyl (C=O) groups excluding carboxylic acids is 2. The van der Waals surface area contributed by atoms with Crippen molar-refractivity contribution in [1.82, 2.24) is 10.6 Å². The number of amides is 3. The summed E-state index contributed by atoms with van der Waals surface area (Å²) in [6.07, 6.45) is 0. The molecule has 3 amide bonds. The molecular weight excluding hydrogens is 272 g/mol. The zero-order valence-electron chi connectivity index (χ0n) is 11.9. The Morgan fingerprint density at radius 3 is 2.76 bits per heavy atom. The SMILES string of the molecule is CCNC(=O)Nc1cccc(NC(=O)C2COCCN2)c1. The van der Waals surface area contributed by atoms with Gasteiger partial charge in [0.25, 0.3) is 0 Å². The molecule has 4 N–H and O–H groups in total. The van der Waals surface area contributed by atoms with E-state index in [9.17, 15) is 9.59 Å². The van der Waals surface area contributed by atoms with E-state index in [4.69, 9.17) is 4.74 Å². The van der Waals surface area contributed by atoms with E-state index in [0.717, 1.165) is 0 Å². The van der Waals surface area contributed by atoms with Crippen molar-refractivity contribution in [3.63, 3.8) is 0 Å². The van der Waals surface area contributed by atoms with E-state index in [-0.39, 0.29) is 18.0 Å². The van der Waals surface area contributed by atoms with Gasteiger partial charge in [0.1, 0.15) is 6.04 Å². The smallest absolute Gasteiger partial charge is 0.319 e. The van der Waals surface area contributed by atoms with Crippen molar-refractivity contribution in [1.29, 1.82) is 0 Å². The van der Waals surface area contributed by atoms with Gasteiger partial charge in [0.2, 0.25) is 5.91 Å². The number of ether oxygens (including phenoxy) is 1. The fourth-order valence-corrected chi connectivity index (χ4v) is 1.97. The molecule has 1 aromatic carbocycles. The highest BCUT2D eigenvalue weighted by atomic mass is 16.5. The van der Waals surface area contributed by atoms with Crippen LogP contribution in [0.3, 0.4) is 0 Å². The lowest BCUT2D eigenvalue weighted by atomic mass is 10.2. The highest BCUT2D eigenvalue weighted by molar-refractivity contribution is 5.96. The van der Waals surface area contributed by atoms with E-state index in [1.807, 2.05) is 6.92 Å². The van der Waals surface area contributed by atoms with Gasteiger partial charge < -0.3 is 26.0 Å². The molecule has 1 saturated heterocycles. The zero-order chi connectivity index (χ0) is 15.1. The third-order valence-electron chi connectivity index (χ3n) is 2.96. The third kappa shape index (κ3) is 4.73. The summed E-state index contributed by atoms with van der Waals surface area (Å²) >= 11 is 0. The van der Waals surface area contributed by atoms with E-state index in [1.165, 1.54) is 0 Å². The molecule has 1 aromatic rings. The second kappa shape index (κ2) is 7.61. The molecule has 0 saturated carbocycles. The first-order chi connectivity index (χ1) is 10.2. The predicted octanol–water partition coefficient (Wildman–Crippen LogP) is 0.755. The van der Waals surface area contributed by atoms with Crippen LogP contribution in [0.4, 0.5) is 16.2 Å². The summed E-state index contributed by atoms with van der Waals surface area (Å²) in [4.78, 5) is 23.5. The minimum atomic E-state index is -0.348. The van der Waals surface area contributed by atoms with Crippen LogP contribution in [0, 0.1) is 0 Å². The Labute approximate surface area is 123 Å². The summed E-state index contributed by atoms with van der Waals surface area (Å²) in [6, 6.07) is 6.37. The van der Waals surface area contributed by atoms with E-state index >= 15 is 0 Å². The van der Waals surface area contributed by atoms with Gasteiger partial charge in [0.05, 0.1) is 13.2 Å². The van der Waals surface area contributed by atoms with Gasteiger partial charge in [-0.25, -0.2) is 4.79 Å². The number of benzene rings is 1. The summed E-state index contributed by atoms with van der Waals surface area (Å²) in [5, 5.41) is 11.2. The predicted molar refractivity (Wildman–Crippen MR) is 80.4 cm³/mol. The second-order valence-corrected chi connectivity index (χ2v) is 4.64. The van der Waals surface area contributed by atoms with Crippen molar-refractivity contribution in [2.45, 2.75) is 13.0 Å². The molecule has 7 nitrogen and oxygen atoms in total. The van der Waals surface area contributed by atoms with Gasteiger partial charge in [0.15, 0.2) is 0 Å². The van der Waals surface area contributed by atoms with Crippen molar-refractivity contribution in [3.05, 3.63) is 24.3 Å². The molecule has 114 valence electrons. The van der Waals surface area contributed by atoms with Crippen LogP contribution in [-0.2, 0) is 9.53 Å². The average Bonchev–Trinajstić information content (AvgIpc) is 2.48. The monoisotopic (exact) mass is 292 g/mol. The number of morpholine rings is 1. The van der Waals surface area contributed by atoms with Gasteiger partial charge >= 0.3 is 6.03 Å². The molecule has 0 radical (unpaired) electrons. The lowest BCUT2D eigenvalue weighted by Crippen LogP contribution is -2.48. The Morgan fingerprint density at radius 1 is 1.33 bits per heavy atom. The number of rotatable bonds is 4. The highest BCUT2D eigenvalue weighted by Gasteiger charge is 2.21. The van der Waals surface area contributed by atoms with Crippen LogP contribution >= 0.6 is 0 Å². The number of hydrogen-bond donors (Lipinski definition) is 4. The van der Waals surface area contributed by atoms with Crippen molar-refractivity contribution < 1.29 is 14.3 Å². The van der Waals surface area contributed by atoms with Gasteiger partial charge in [-0.15, -0.1) is 0 Å². The molecule has 1 unspecified atom stereocenters. The van der Waals surface area contributed by atoms with Crippen molar-refractivity contribution in [2.75, 3.05) is 36.9 Å². The molecule has 2 rings (SSSR count). The molecule has 0 bridgehead atoms. The Balaban J connectivity index is 1.93. The lowest BCUT2D eigenvalue weighted by molar-refractivity contribution is -0.120. The number of carbonyl (C=O) groups is 2. The van der Waals surface area contributed by atoms with Crippen molar-refractivity contribution in [3.8, 4) is 0 Å². The number of anilines is 2. The van der Waals surface area contributed by atoms with Crippen LogP contribution in [0.5, 0.6) is 0 Å². The molecule has 0 aliphatic carbocycles. The molecule has 21 heavy (non-hydrogen) atoms. The first-order valence-electron chi connectivity index (χ1n) is 6.96. The van der Waals surface area contributed by atoms with Crippen LogP contribution < -0.4 is 21.3 Å². The second-order valence-electron chi connectivity index (χ2n) is 4.64. The molecule has 1 heterocycles. The summed E-state index contributed by atoms with van der Waals surface area (Å²) in [5.41, 5.74) is 1.24. The normalized spacial score (nSPS) is 17.9. The van der Waals surface area contributed by atoms with E-state index in [0.29, 0.717) is 37.7 Å². The van der Waals surface area contributed by atoms with Crippen LogP contribution in [0.15, 0.2) is 24.3 Å². The first-order valence-corrected chi connectivity index (χ1v) is 6.96. The minimum absolute atomic E-state index is 0.148. The number of hydrogen-bond acceptors (Lipinski definition) is 4. The topological polar surface area (TPSA) is 91.5 Å². The minimum Gasteiger partial charge on any atom is -0.378 e. The molecule has 7 heteroatoms. The Kier molecular flexibility index (Phi) is 5.53. The fraction of sp³-hybridized carbons (Fsp3) is 0.429. The summed E-state index contributed by atoms with van der Waals surface area (Å²) < 4.78 is 5.26. The van der Waals surface area contributed by atoms with Gasteiger partial charge in [-0.2, -0.15) is 0 Å². The standard InChI is InChI=1S/C14H20N4O3/c1-2-15-14(20)18-11-5-3-4-10(8-11)17-13(19)12-9-21-7-6-16-12/h3-5,8,12,16H,2,6-7,9H2,1H3,(H,17,19)(H2,15,18,20). The van der Waals surface area contributed by atoms with E-state index < -0.39 is 0 Å². The average molecular weight is 292 g/mol. The third-order valence-corrected chi connectivity index (χ3v) is 2.96. The number of nitrogens with one attached hydrogen (secondary N) is 4. The molecule has 1 atom stereocenters. The van der Waals surface area contributed by atoms with Crippen molar-refractivity contribution in [2.24, 2.45) is 0 Å². The molecule has 0 spiro atoms. The highest BCUT2D eigenvalue weighted by Crippen LogP contribution is 2.15. The first kappa shape index (κ1) is 15.3. The van der Waals surface area contributed by atoms with Crippen LogP contribution in [0.1, 0.15) is 6.92 Å². The summed E-state index contributed by atoms with van der Waals surface area (Å²) in [6.45, 7) is 4.04. The van der Waals surface area contributed by atoms with Gasteiger partial charge in [-0.3, -0.25) is 4.79 Å². The fourth-order valence-electron chi connectivity index (χ4n) is 1.97. The molecule has 1 aliphatic heterocycles. The zero-order valence-corrected chi connectivity index (χ0v) is 11.9. The summed E-state index contributed by atoms with van der Waals surface area (Å²) in [5.74, 6) is -0.148. The molecule has 1 fully saturated rings. The molecule has 0 aromatic heterocycles. The van der Waals surface area contributed by atoms with Gasteiger partial charge in [-0.1, -0.05) is 6.07 Å². The molecule has 1 aliphatic rings. The quantitative estimate of drug-likeness (QED) is 0.659. The van der Waals surface area contributed by atoms with Gasteiger partial charge in [-0.05, 0) is 25.1 Å². The van der Waals surface area contributed by atoms with Crippen LogP contribution in [-0.4, -0.2) is 44.3 Å². The Hall–Kier alpha value is -2.12. The largest absolute Gasteiger partial charge is 0.378 e.